The number of rotatable bonds is 2. The Morgan fingerprint density at radius 1 is 0.875 bits per heavy atom. The van der Waals surface area contributed by atoms with Crippen LogP contribution >= 0.6 is 0 Å². The molecule has 1 aromatic heterocycles. The van der Waals surface area contributed by atoms with Crippen molar-refractivity contribution in [2.45, 2.75) is 20.8 Å². The Morgan fingerprint density at radius 3 is 2.04 bits per heavy atom. The number of hydrogen-bond acceptors (Lipinski definition) is 2. The summed E-state index contributed by atoms with van der Waals surface area (Å²) in [6.45, 7) is 8.32. The molecule has 0 spiro atoms. The third-order valence-electron chi connectivity index (χ3n) is 4.75. The lowest BCUT2D eigenvalue weighted by Gasteiger charge is -2.35. The van der Waals surface area contributed by atoms with E-state index in [2.05, 4.69) is 18.0 Å². The van der Waals surface area contributed by atoms with Gasteiger partial charge in [0.25, 0.3) is 11.8 Å². The van der Waals surface area contributed by atoms with Crippen LogP contribution in [0.3, 0.4) is 0 Å². The van der Waals surface area contributed by atoms with Gasteiger partial charge >= 0.3 is 0 Å². The number of amides is 2. The Kier molecular flexibility index (Phi) is 4.42. The molecule has 2 aromatic rings. The average molecular weight is 325 g/mol. The largest absolute Gasteiger partial charge is 0.357 e. The molecule has 3 rings (SSSR count). The third kappa shape index (κ3) is 3.07. The van der Waals surface area contributed by atoms with E-state index in [0.717, 1.165) is 16.7 Å². The Labute approximate surface area is 142 Å². The molecule has 1 N–H and O–H groups in total. The van der Waals surface area contributed by atoms with Gasteiger partial charge in [0, 0.05) is 37.9 Å². The number of H-pyrrole nitrogens is 1. The zero-order valence-electron chi connectivity index (χ0n) is 14.4. The maximum atomic E-state index is 12.8. The summed E-state index contributed by atoms with van der Waals surface area (Å²) in [5.41, 5.74) is 4.70. The molecule has 2 heterocycles. The van der Waals surface area contributed by atoms with Gasteiger partial charge in [-0.1, -0.05) is 6.07 Å². The molecule has 1 aromatic carbocycles. The van der Waals surface area contributed by atoms with E-state index in [0.29, 0.717) is 31.9 Å². The molecule has 2 amide bonds. The van der Waals surface area contributed by atoms with Gasteiger partial charge in [-0.3, -0.25) is 9.59 Å². The van der Waals surface area contributed by atoms with Crippen LogP contribution in [0.2, 0.25) is 0 Å². The maximum absolute atomic E-state index is 12.8. The van der Waals surface area contributed by atoms with E-state index in [1.54, 1.807) is 17.2 Å². The fourth-order valence-electron chi connectivity index (χ4n) is 3.11. The summed E-state index contributed by atoms with van der Waals surface area (Å²) < 4.78 is 0. The Balaban J connectivity index is 1.67. The van der Waals surface area contributed by atoms with Gasteiger partial charge in [0.15, 0.2) is 0 Å². The van der Waals surface area contributed by atoms with E-state index in [-0.39, 0.29) is 11.8 Å². The SMILES string of the molecule is Cc1cc(C)c(C(=O)N2CCN(C(=O)c3ccc[nH]3)CC2)cc1C. The molecule has 1 aliphatic rings. The van der Waals surface area contributed by atoms with E-state index in [1.165, 1.54) is 5.56 Å². The number of hydrogen-bond donors (Lipinski definition) is 1. The lowest BCUT2D eigenvalue weighted by atomic mass is 10.00. The zero-order chi connectivity index (χ0) is 17.3. The summed E-state index contributed by atoms with van der Waals surface area (Å²) >= 11 is 0. The van der Waals surface area contributed by atoms with Crippen LogP contribution in [0.15, 0.2) is 30.5 Å². The van der Waals surface area contributed by atoms with E-state index < -0.39 is 0 Å². The molecule has 5 heteroatoms. The van der Waals surface area contributed by atoms with Crippen LogP contribution in [0.25, 0.3) is 0 Å². The molecule has 1 aliphatic heterocycles. The maximum Gasteiger partial charge on any atom is 0.270 e. The van der Waals surface area contributed by atoms with Gasteiger partial charge in [-0.15, -0.1) is 0 Å². The fraction of sp³-hybridized carbons (Fsp3) is 0.368. The monoisotopic (exact) mass is 325 g/mol. The number of benzene rings is 1. The highest BCUT2D eigenvalue weighted by Gasteiger charge is 2.26. The first kappa shape index (κ1) is 16.3. The summed E-state index contributed by atoms with van der Waals surface area (Å²) in [4.78, 5) is 31.7. The Hall–Kier alpha value is -2.56. The highest BCUT2D eigenvalue weighted by molar-refractivity contribution is 5.96. The quantitative estimate of drug-likeness (QED) is 0.922. The highest BCUT2D eigenvalue weighted by atomic mass is 16.2. The number of carbonyl (C=O) groups excluding carboxylic acids is 2. The second-order valence-electron chi connectivity index (χ2n) is 6.42. The first-order valence-electron chi connectivity index (χ1n) is 8.27. The van der Waals surface area contributed by atoms with E-state index >= 15 is 0 Å². The number of piperazine rings is 1. The van der Waals surface area contributed by atoms with Crippen molar-refractivity contribution in [3.8, 4) is 0 Å². The molecule has 1 fully saturated rings. The number of aromatic nitrogens is 1. The number of aromatic amines is 1. The van der Waals surface area contributed by atoms with Crippen molar-refractivity contribution >= 4 is 11.8 Å². The third-order valence-corrected chi connectivity index (χ3v) is 4.75. The van der Waals surface area contributed by atoms with Crippen LogP contribution in [0, 0.1) is 20.8 Å². The van der Waals surface area contributed by atoms with Crippen molar-refractivity contribution in [3.05, 3.63) is 58.4 Å². The van der Waals surface area contributed by atoms with E-state index in [4.69, 9.17) is 0 Å². The topological polar surface area (TPSA) is 56.4 Å². The van der Waals surface area contributed by atoms with Crippen LogP contribution in [0.5, 0.6) is 0 Å². The molecule has 0 atom stereocenters. The van der Waals surface area contributed by atoms with Gasteiger partial charge in [-0.05, 0) is 55.7 Å². The molecule has 126 valence electrons. The van der Waals surface area contributed by atoms with Gasteiger partial charge in [0.05, 0.1) is 0 Å². The minimum atomic E-state index is -0.00513. The van der Waals surface area contributed by atoms with Crippen LogP contribution in [-0.2, 0) is 0 Å². The number of nitrogens with zero attached hydrogens (tertiary/aromatic N) is 2. The normalized spacial score (nSPS) is 14.8. The standard InChI is InChI=1S/C19H23N3O2/c1-13-11-15(3)16(12-14(13)2)18(23)21-7-9-22(10-8-21)19(24)17-5-4-6-20-17/h4-6,11-12,20H,7-10H2,1-3H3. The summed E-state index contributed by atoms with van der Waals surface area (Å²) in [7, 11) is 0. The first-order chi connectivity index (χ1) is 11.5. The first-order valence-corrected chi connectivity index (χ1v) is 8.27. The van der Waals surface area contributed by atoms with Crippen molar-refractivity contribution in [1.29, 1.82) is 0 Å². The van der Waals surface area contributed by atoms with E-state index in [9.17, 15) is 9.59 Å². The molecule has 24 heavy (non-hydrogen) atoms. The van der Waals surface area contributed by atoms with Crippen molar-refractivity contribution < 1.29 is 9.59 Å². The van der Waals surface area contributed by atoms with Crippen LogP contribution in [-0.4, -0.2) is 52.8 Å². The lowest BCUT2D eigenvalue weighted by Crippen LogP contribution is -2.50. The van der Waals surface area contributed by atoms with Gasteiger partial charge in [-0.2, -0.15) is 0 Å². The van der Waals surface area contributed by atoms with Crippen LogP contribution < -0.4 is 0 Å². The summed E-state index contributed by atoms with van der Waals surface area (Å²) in [5.74, 6) is 0.0528. The minimum Gasteiger partial charge on any atom is -0.357 e. The smallest absolute Gasteiger partial charge is 0.270 e. The second-order valence-corrected chi connectivity index (χ2v) is 6.42. The summed E-state index contributed by atoms with van der Waals surface area (Å²) in [6.07, 6.45) is 1.75. The predicted octanol–water partition coefficient (Wildman–Crippen LogP) is 2.54. The molecule has 1 saturated heterocycles. The van der Waals surface area contributed by atoms with Crippen molar-refractivity contribution in [1.82, 2.24) is 14.8 Å². The van der Waals surface area contributed by atoms with Crippen molar-refractivity contribution in [2.24, 2.45) is 0 Å². The lowest BCUT2D eigenvalue weighted by molar-refractivity contribution is 0.0532. The fourth-order valence-corrected chi connectivity index (χ4v) is 3.11. The zero-order valence-corrected chi connectivity index (χ0v) is 14.4. The van der Waals surface area contributed by atoms with Crippen LogP contribution in [0.4, 0.5) is 0 Å². The minimum absolute atomic E-state index is 0.00513. The number of nitrogens with one attached hydrogen (secondary N) is 1. The van der Waals surface area contributed by atoms with E-state index in [1.807, 2.05) is 30.9 Å². The molecule has 0 unspecified atom stereocenters. The Morgan fingerprint density at radius 2 is 1.46 bits per heavy atom. The van der Waals surface area contributed by atoms with Gasteiger partial charge in [0.2, 0.25) is 0 Å². The molecule has 0 aliphatic carbocycles. The molecule has 0 saturated carbocycles. The average Bonchev–Trinajstić information content (AvgIpc) is 3.11. The van der Waals surface area contributed by atoms with Gasteiger partial charge < -0.3 is 14.8 Å². The number of aryl methyl sites for hydroxylation is 3. The Bertz CT molecular complexity index is 757. The van der Waals surface area contributed by atoms with Crippen LogP contribution in [0.1, 0.15) is 37.5 Å². The predicted molar refractivity (Wildman–Crippen MR) is 93.3 cm³/mol. The molecule has 5 nitrogen and oxygen atoms in total. The molecular formula is C19H23N3O2. The van der Waals surface area contributed by atoms with Gasteiger partial charge in [0.1, 0.15) is 5.69 Å². The molecule has 0 radical (unpaired) electrons. The van der Waals surface area contributed by atoms with Crippen molar-refractivity contribution in [3.63, 3.8) is 0 Å². The highest BCUT2D eigenvalue weighted by Crippen LogP contribution is 2.18. The molecule has 0 bridgehead atoms. The number of carbonyl (C=O) groups is 2. The molecular weight excluding hydrogens is 302 g/mol. The van der Waals surface area contributed by atoms with Gasteiger partial charge in [-0.25, -0.2) is 0 Å². The van der Waals surface area contributed by atoms with Crippen molar-refractivity contribution in [2.75, 3.05) is 26.2 Å². The summed E-state index contributed by atoms with van der Waals surface area (Å²) in [6, 6.07) is 7.63. The summed E-state index contributed by atoms with van der Waals surface area (Å²) in [5, 5.41) is 0. The second kappa shape index (κ2) is 6.51.